The molecule has 83 heavy (non-hydrogen) atoms. The van der Waals surface area contributed by atoms with Crippen LogP contribution in [0.4, 0.5) is 0 Å². The summed E-state index contributed by atoms with van der Waals surface area (Å²) < 4.78 is 83.5. The lowest BCUT2D eigenvalue weighted by Crippen LogP contribution is -2.65. The van der Waals surface area contributed by atoms with Crippen molar-refractivity contribution in [3.63, 3.8) is 0 Å². The highest BCUT2D eigenvalue weighted by Crippen LogP contribution is 2.54. The van der Waals surface area contributed by atoms with Crippen LogP contribution in [-0.4, -0.2) is 70.2 Å². The topological polar surface area (TPSA) is 109 Å². The summed E-state index contributed by atoms with van der Waals surface area (Å²) in [5.41, 5.74) is 5.59. The molecule has 1 fully saturated rings. The molecule has 1 unspecified atom stereocenters. The standard InChI is InChI=1S/C71H95O11P/c1-3-4-5-6-7-8-9-10-11-12-13-14-15-16-17-36-49-74-56-65(73-2)57-81-83(72,80-55-64-47-34-23-35-48-64)82-71-68(77-52-61-41-28-20-29-42-61)66(58-75-50-59-37-24-18-25-38-59)67(76-51-60-39-26-19-27-40-60)69(78-53-62-43-30-21-31-44-62)70(71)79-54-63-45-32-22-33-46-63/h18-35,37-48,65-71H,3-17,36,49-58H2,1-2H3/t65-,66+,67-,68-,69+,70-,71-,83?/m1/s1. The van der Waals surface area contributed by atoms with Gasteiger partial charge in [-0.2, -0.15) is 0 Å². The Kier molecular flexibility index (Phi) is 31.4. The van der Waals surface area contributed by atoms with Crippen molar-refractivity contribution in [3.05, 3.63) is 215 Å². The van der Waals surface area contributed by atoms with E-state index >= 15 is 4.57 Å². The Morgan fingerprint density at radius 3 is 1.10 bits per heavy atom. The van der Waals surface area contributed by atoms with E-state index in [1.165, 1.54) is 89.9 Å². The van der Waals surface area contributed by atoms with Crippen molar-refractivity contribution >= 4 is 7.82 Å². The van der Waals surface area contributed by atoms with Crippen LogP contribution < -0.4 is 0 Å². The quantitative estimate of drug-likeness (QED) is 0.0269. The second kappa shape index (κ2) is 39.7. The zero-order valence-corrected chi connectivity index (χ0v) is 50.6. The van der Waals surface area contributed by atoms with Crippen LogP contribution in [-0.2, 0) is 90.9 Å². The second-order valence-electron chi connectivity index (χ2n) is 22.0. The number of hydrogen-bond acceptors (Lipinski definition) is 11. The Morgan fingerprint density at radius 1 is 0.361 bits per heavy atom. The third-order valence-electron chi connectivity index (χ3n) is 15.4. The van der Waals surface area contributed by atoms with E-state index in [0.29, 0.717) is 13.2 Å². The fourth-order valence-electron chi connectivity index (χ4n) is 10.6. The monoisotopic (exact) mass is 1150 g/mol. The van der Waals surface area contributed by atoms with Crippen LogP contribution in [0.5, 0.6) is 0 Å². The van der Waals surface area contributed by atoms with Crippen molar-refractivity contribution in [2.45, 2.75) is 186 Å². The maximum Gasteiger partial charge on any atom is 0.475 e. The van der Waals surface area contributed by atoms with Gasteiger partial charge in [-0.25, -0.2) is 4.57 Å². The summed E-state index contributed by atoms with van der Waals surface area (Å²) in [7, 11) is -2.98. The number of benzene rings is 6. The molecule has 450 valence electrons. The van der Waals surface area contributed by atoms with Crippen molar-refractivity contribution in [1.82, 2.24) is 0 Å². The molecule has 7 rings (SSSR count). The molecule has 0 heterocycles. The Bertz CT molecular complexity index is 2560. The fraction of sp³-hybridized carbons (Fsp3) is 0.493. The third kappa shape index (κ3) is 24.9. The lowest BCUT2D eigenvalue weighted by molar-refractivity contribution is -0.263. The van der Waals surface area contributed by atoms with E-state index in [0.717, 1.165) is 46.2 Å². The minimum Gasteiger partial charge on any atom is -0.379 e. The molecular formula is C71H95O11P. The van der Waals surface area contributed by atoms with Gasteiger partial charge in [0.1, 0.15) is 24.4 Å². The van der Waals surface area contributed by atoms with Gasteiger partial charge in [0.2, 0.25) is 0 Å². The van der Waals surface area contributed by atoms with Gasteiger partial charge in [-0.1, -0.05) is 285 Å². The molecule has 0 radical (unpaired) electrons. The molecule has 6 aromatic rings. The fourth-order valence-corrected chi connectivity index (χ4v) is 12.0. The predicted octanol–water partition coefficient (Wildman–Crippen LogP) is 17.2. The molecule has 0 aliphatic heterocycles. The van der Waals surface area contributed by atoms with E-state index in [1.54, 1.807) is 7.11 Å². The van der Waals surface area contributed by atoms with Gasteiger partial charge in [0.15, 0.2) is 0 Å². The number of phosphoric ester groups is 1. The van der Waals surface area contributed by atoms with Crippen molar-refractivity contribution in [3.8, 4) is 0 Å². The van der Waals surface area contributed by atoms with Crippen LogP contribution in [0.3, 0.4) is 0 Å². The van der Waals surface area contributed by atoms with Gasteiger partial charge in [-0.15, -0.1) is 0 Å². The minimum atomic E-state index is -4.58. The van der Waals surface area contributed by atoms with E-state index in [2.05, 4.69) is 6.92 Å². The summed E-state index contributed by atoms with van der Waals surface area (Å²) in [6.45, 7) is 4.21. The highest BCUT2D eigenvalue weighted by atomic mass is 31.2. The highest BCUT2D eigenvalue weighted by molar-refractivity contribution is 7.48. The zero-order chi connectivity index (χ0) is 57.7. The lowest BCUT2D eigenvalue weighted by Gasteiger charge is -2.50. The van der Waals surface area contributed by atoms with Gasteiger partial charge >= 0.3 is 7.82 Å². The van der Waals surface area contributed by atoms with Gasteiger partial charge < -0.3 is 33.2 Å². The molecule has 0 saturated heterocycles. The Labute approximate surface area is 497 Å². The van der Waals surface area contributed by atoms with Gasteiger partial charge in [0, 0.05) is 19.6 Å². The molecule has 0 bridgehead atoms. The molecule has 1 saturated carbocycles. The van der Waals surface area contributed by atoms with Crippen LogP contribution in [0, 0.1) is 5.92 Å². The smallest absolute Gasteiger partial charge is 0.379 e. The van der Waals surface area contributed by atoms with Gasteiger partial charge in [-0.05, 0) is 39.8 Å². The molecule has 8 atom stereocenters. The van der Waals surface area contributed by atoms with E-state index in [9.17, 15) is 0 Å². The summed E-state index contributed by atoms with van der Waals surface area (Å²) in [6.07, 6.45) is 15.8. The summed E-state index contributed by atoms with van der Waals surface area (Å²) in [5, 5.41) is 0. The first-order valence-electron chi connectivity index (χ1n) is 31.0. The highest BCUT2D eigenvalue weighted by Gasteiger charge is 2.56. The van der Waals surface area contributed by atoms with Gasteiger partial charge in [0.05, 0.1) is 71.7 Å². The van der Waals surface area contributed by atoms with Crippen LogP contribution in [0.2, 0.25) is 0 Å². The minimum absolute atomic E-state index is 0.0658. The molecular weight excluding hydrogens is 1060 g/mol. The zero-order valence-electron chi connectivity index (χ0n) is 49.7. The van der Waals surface area contributed by atoms with Crippen LogP contribution in [0.1, 0.15) is 143 Å². The first kappa shape index (κ1) is 65.7. The summed E-state index contributed by atoms with van der Waals surface area (Å²) >= 11 is 0. The Balaban J connectivity index is 1.12. The Morgan fingerprint density at radius 2 is 0.699 bits per heavy atom. The average Bonchev–Trinajstić information content (AvgIpc) is 3.21. The summed E-state index contributed by atoms with van der Waals surface area (Å²) in [6, 6.07) is 59.6. The SMILES string of the molecule is CCCCCCCCCCCCCCCCCCOC[C@H](COP(=O)(OCc1ccccc1)O[C@H]1[C@H](OCc2ccccc2)[C@@H](OCc2ccccc2)[C@H](OCc2ccccc2)[C@H](COCc2ccccc2)[C@H]1OCc1ccccc1)OC. The van der Waals surface area contributed by atoms with Crippen molar-refractivity contribution in [2.24, 2.45) is 5.92 Å². The number of unbranched alkanes of at least 4 members (excludes halogenated alkanes) is 15. The van der Waals surface area contributed by atoms with E-state index < -0.39 is 50.4 Å². The third-order valence-corrected chi connectivity index (χ3v) is 16.8. The average molecular weight is 1160 g/mol. The molecule has 1 aliphatic carbocycles. The van der Waals surface area contributed by atoms with E-state index in [1.807, 2.05) is 182 Å². The molecule has 0 aromatic heterocycles. The number of methoxy groups -OCH3 is 1. The number of hydrogen-bond donors (Lipinski definition) is 0. The van der Waals surface area contributed by atoms with Crippen molar-refractivity contribution in [1.29, 1.82) is 0 Å². The summed E-state index contributed by atoms with van der Waals surface area (Å²) in [5.74, 6) is -0.583. The second-order valence-corrected chi connectivity index (χ2v) is 23.6. The predicted molar refractivity (Wildman–Crippen MR) is 330 cm³/mol. The van der Waals surface area contributed by atoms with Crippen LogP contribution in [0.15, 0.2) is 182 Å². The molecule has 0 amide bonds. The molecule has 0 N–H and O–H groups in total. The first-order chi connectivity index (χ1) is 41.0. The first-order valence-corrected chi connectivity index (χ1v) is 32.4. The molecule has 11 nitrogen and oxygen atoms in total. The molecule has 1 aliphatic rings. The molecule has 12 heteroatoms. The van der Waals surface area contributed by atoms with Crippen LogP contribution in [0.25, 0.3) is 0 Å². The van der Waals surface area contributed by atoms with E-state index in [-0.39, 0.29) is 52.9 Å². The number of ether oxygens (including phenoxy) is 7. The number of rotatable bonds is 44. The number of phosphoric acid groups is 1. The van der Waals surface area contributed by atoms with Crippen molar-refractivity contribution in [2.75, 3.05) is 33.5 Å². The van der Waals surface area contributed by atoms with E-state index in [4.69, 9.17) is 46.7 Å². The largest absolute Gasteiger partial charge is 0.475 e. The van der Waals surface area contributed by atoms with Gasteiger partial charge in [0.25, 0.3) is 0 Å². The van der Waals surface area contributed by atoms with Gasteiger partial charge in [-0.3, -0.25) is 13.6 Å². The molecule has 6 aromatic carbocycles. The lowest BCUT2D eigenvalue weighted by atomic mass is 9.78. The normalized spacial score (nSPS) is 19.1. The Hall–Kier alpha value is -4.85. The van der Waals surface area contributed by atoms with Crippen molar-refractivity contribution < 1.29 is 51.3 Å². The van der Waals surface area contributed by atoms with Crippen LogP contribution >= 0.6 is 7.82 Å². The maximum atomic E-state index is 16.0. The maximum absolute atomic E-state index is 16.0. The molecule has 0 spiro atoms. The summed E-state index contributed by atoms with van der Waals surface area (Å²) in [4.78, 5) is 0.